The van der Waals surface area contributed by atoms with E-state index in [4.69, 9.17) is 18.6 Å². The average molecular weight is 563 g/mol. The Kier molecular flexibility index (Phi) is 12.2. The van der Waals surface area contributed by atoms with Gasteiger partial charge >= 0.3 is 5.97 Å². The van der Waals surface area contributed by atoms with Crippen molar-refractivity contribution in [3.05, 3.63) is 84.4 Å². The minimum atomic E-state index is -2.04. The van der Waals surface area contributed by atoms with Gasteiger partial charge in [0.2, 0.25) is 0 Å². The number of rotatable bonds is 13. The summed E-state index contributed by atoms with van der Waals surface area (Å²) in [6.07, 6.45) is 4.49. The fourth-order valence-electron chi connectivity index (χ4n) is 4.30. The summed E-state index contributed by atoms with van der Waals surface area (Å²) in [6.45, 7) is 16.5. The maximum Gasteiger partial charge on any atom is 0.338 e. The van der Waals surface area contributed by atoms with Crippen LogP contribution in [-0.2, 0) is 25.2 Å². The second-order valence-corrected chi connectivity index (χ2v) is 16.6. The predicted octanol–water partition coefficient (Wildman–Crippen LogP) is 7.73. The molecule has 5 nitrogen and oxygen atoms in total. The van der Waals surface area contributed by atoms with Crippen LogP contribution in [0.15, 0.2) is 73.3 Å². The van der Waals surface area contributed by atoms with E-state index in [9.17, 15) is 4.79 Å². The fourth-order valence-corrected chi connectivity index (χ4v) is 5.66. The third-order valence-corrected chi connectivity index (χ3v) is 12.2. The molecule has 1 heterocycles. The first-order valence-electron chi connectivity index (χ1n) is 14.4. The van der Waals surface area contributed by atoms with Crippen LogP contribution in [0.5, 0.6) is 0 Å². The van der Waals surface area contributed by atoms with Gasteiger partial charge in [-0.25, -0.2) is 4.79 Å². The van der Waals surface area contributed by atoms with Crippen LogP contribution >= 0.6 is 0 Å². The number of esters is 1. The molecule has 0 saturated carbocycles. The number of hydrogen-bond acceptors (Lipinski definition) is 5. The molecule has 0 N–H and O–H groups in total. The molecule has 0 amide bonds. The number of benzene rings is 2. The van der Waals surface area contributed by atoms with Gasteiger partial charge in [0.25, 0.3) is 0 Å². The molecular weight excluding hydrogens is 516 g/mol. The quantitative estimate of drug-likeness (QED) is 0.0822. The summed E-state index contributed by atoms with van der Waals surface area (Å²) in [7, 11) is -2.04. The van der Waals surface area contributed by atoms with E-state index in [0.717, 1.165) is 25.9 Å². The Morgan fingerprint density at radius 2 is 1.75 bits per heavy atom. The number of hydrogen-bond donors (Lipinski definition) is 0. The zero-order valence-corrected chi connectivity index (χ0v) is 25.9. The van der Waals surface area contributed by atoms with Gasteiger partial charge < -0.3 is 18.6 Å². The molecule has 0 aromatic heterocycles. The van der Waals surface area contributed by atoms with Gasteiger partial charge in [-0.1, -0.05) is 75.9 Å². The molecule has 6 heteroatoms. The Hall–Kier alpha value is -2.69. The molecule has 0 spiro atoms. The van der Waals surface area contributed by atoms with Crippen molar-refractivity contribution < 1.29 is 23.4 Å². The summed E-state index contributed by atoms with van der Waals surface area (Å²) in [5, 5.41) is 0.0709. The van der Waals surface area contributed by atoms with Crippen LogP contribution in [-0.4, -0.2) is 45.3 Å². The van der Waals surface area contributed by atoms with Gasteiger partial charge in [0.1, 0.15) is 12.2 Å². The van der Waals surface area contributed by atoms with Crippen molar-refractivity contribution in [2.45, 2.75) is 102 Å². The van der Waals surface area contributed by atoms with Crippen molar-refractivity contribution in [2.75, 3.05) is 6.61 Å². The molecule has 0 unspecified atom stereocenters. The lowest BCUT2D eigenvalue weighted by atomic mass is 10.1. The molecule has 1 saturated heterocycles. The van der Waals surface area contributed by atoms with Crippen LogP contribution < -0.4 is 0 Å². The molecule has 0 aliphatic carbocycles. The van der Waals surface area contributed by atoms with E-state index in [1.54, 1.807) is 18.2 Å². The molecular formula is C34H46O5Si. The molecule has 4 atom stereocenters. The lowest BCUT2D eigenvalue weighted by molar-refractivity contribution is -0.0384. The monoisotopic (exact) mass is 562 g/mol. The Labute approximate surface area is 242 Å². The van der Waals surface area contributed by atoms with E-state index in [-0.39, 0.29) is 29.3 Å². The molecule has 1 fully saturated rings. The van der Waals surface area contributed by atoms with Crippen molar-refractivity contribution in [3.63, 3.8) is 0 Å². The van der Waals surface area contributed by atoms with Crippen molar-refractivity contribution in [3.8, 4) is 11.8 Å². The number of carbonyl (C=O) groups is 1. The number of unbranched alkanes of at least 4 members (excludes halogenated alkanes) is 2. The normalized spacial score (nSPS) is 19.9. The third-order valence-electron chi connectivity index (χ3n) is 7.71. The van der Waals surface area contributed by atoms with Gasteiger partial charge in [-0.2, -0.15) is 0 Å². The van der Waals surface area contributed by atoms with Crippen molar-refractivity contribution in [2.24, 2.45) is 0 Å². The minimum Gasteiger partial charge on any atom is -0.452 e. The second kappa shape index (κ2) is 15.3. The van der Waals surface area contributed by atoms with Crippen LogP contribution in [0.4, 0.5) is 0 Å². The summed E-state index contributed by atoms with van der Waals surface area (Å²) in [5.41, 5.74) is 1.70. The maximum atomic E-state index is 12.7. The number of ether oxygens (including phenoxy) is 3. The minimum absolute atomic E-state index is 0.0709. The lowest BCUT2D eigenvalue weighted by Crippen LogP contribution is -2.45. The summed E-state index contributed by atoms with van der Waals surface area (Å²) >= 11 is 0. The molecule has 2 aromatic rings. The maximum absolute atomic E-state index is 12.7. The first kappa shape index (κ1) is 31.8. The van der Waals surface area contributed by atoms with Crippen LogP contribution in [0.1, 0.15) is 68.8 Å². The Balaban J connectivity index is 1.54. The van der Waals surface area contributed by atoms with E-state index in [1.165, 1.54) is 5.56 Å². The molecule has 40 heavy (non-hydrogen) atoms. The SMILES string of the molecule is C=C[C@@H](OC(=O)c1ccccc1)[C@@H]1C[C@H](O[Si](C)(C)C(C)(C)C)[C@H](CC#CCCCCOCc2ccccc2)O1. The molecule has 1 aliphatic rings. The largest absolute Gasteiger partial charge is 0.452 e. The van der Waals surface area contributed by atoms with Gasteiger partial charge in [-0.05, 0) is 54.7 Å². The van der Waals surface area contributed by atoms with Crippen molar-refractivity contribution in [1.82, 2.24) is 0 Å². The highest BCUT2D eigenvalue weighted by molar-refractivity contribution is 6.74. The summed E-state index contributed by atoms with van der Waals surface area (Å²) < 4.78 is 24.8. The zero-order chi connectivity index (χ0) is 29.0. The van der Waals surface area contributed by atoms with Gasteiger partial charge in [-0.15, -0.1) is 11.8 Å². The summed E-state index contributed by atoms with van der Waals surface area (Å²) in [5.74, 6) is 6.26. The summed E-state index contributed by atoms with van der Waals surface area (Å²) in [4.78, 5) is 12.7. The fraction of sp³-hybridized carbons (Fsp3) is 0.500. The van der Waals surface area contributed by atoms with Crippen LogP contribution in [0, 0.1) is 11.8 Å². The van der Waals surface area contributed by atoms with Crippen LogP contribution in [0.2, 0.25) is 18.1 Å². The topological polar surface area (TPSA) is 54.0 Å². The predicted molar refractivity (Wildman–Crippen MR) is 164 cm³/mol. The van der Waals surface area contributed by atoms with Gasteiger partial charge in [-0.3, -0.25) is 0 Å². The van der Waals surface area contributed by atoms with Gasteiger partial charge in [0, 0.05) is 25.9 Å². The Bertz CT molecular complexity index is 1110. The molecule has 216 valence electrons. The Morgan fingerprint density at radius 1 is 1.07 bits per heavy atom. The number of carbonyl (C=O) groups excluding carboxylic acids is 1. The van der Waals surface area contributed by atoms with Gasteiger partial charge in [0.05, 0.1) is 24.4 Å². The highest BCUT2D eigenvalue weighted by atomic mass is 28.4. The van der Waals surface area contributed by atoms with E-state index in [1.807, 2.05) is 36.4 Å². The molecule has 0 bridgehead atoms. The molecule has 2 aromatic carbocycles. The van der Waals surface area contributed by atoms with Crippen molar-refractivity contribution in [1.29, 1.82) is 0 Å². The first-order chi connectivity index (χ1) is 19.1. The van der Waals surface area contributed by atoms with E-state index in [2.05, 4.69) is 64.4 Å². The smallest absolute Gasteiger partial charge is 0.338 e. The van der Waals surface area contributed by atoms with Crippen LogP contribution in [0.3, 0.4) is 0 Å². The van der Waals surface area contributed by atoms with E-state index >= 15 is 0 Å². The third kappa shape index (κ3) is 9.74. The Morgan fingerprint density at radius 3 is 2.40 bits per heavy atom. The molecule has 0 radical (unpaired) electrons. The molecule has 1 aliphatic heterocycles. The summed E-state index contributed by atoms with van der Waals surface area (Å²) in [6, 6.07) is 19.2. The lowest BCUT2D eigenvalue weighted by Gasteiger charge is -2.39. The highest BCUT2D eigenvalue weighted by Gasteiger charge is 2.46. The van der Waals surface area contributed by atoms with Crippen molar-refractivity contribution >= 4 is 14.3 Å². The van der Waals surface area contributed by atoms with E-state index < -0.39 is 14.4 Å². The second-order valence-electron chi connectivity index (χ2n) is 11.9. The average Bonchev–Trinajstić information content (AvgIpc) is 3.32. The van der Waals surface area contributed by atoms with Gasteiger partial charge in [0.15, 0.2) is 8.32 Å². The first-order valence-corrected chi connectivity index (χ1v) is 17.3. The standard InChI is InChI=1S/C34H46O5Si/c1-7-29(38-33(35)28-21-15-12-16-22-28)31-25-32(39-40(5,6)34(2,3)4)30(37-31)23-17-9-8-10-18-24-36-26-27-19-13-11-14-20-27/h7,11-16,19-22,29-32H,1,8,10,18,23-26H2,2-6H3/t29-,30+,31+,32+/m1/s1. The van der Waals surface area contributed by atoms with E-state index in [0.29, 0.717) is 25.0 Å². The zero-order valence-electron chi connectivity index (χ0n) is 24.9. The molecule has 3 rings (SSSR count). The highest BCUT2D eigenvalue weighted by Crippen LogP contribution is 2.40. The van der Waals surface area contributed by atoms with Crippen LogP contribution in [0.25, 0.3) is 0 Å².